The fraction of sp³-hybridized carbons (Fsp3) is 0.400. The molecule has 3 atom stereocenters. The SMILES string of the molecule is CC(=O)OC[C@H]1Oc2c(c3cc(F)ccc3n(C)c2=O)[C@@H](OC(C)=O)[C@@H]1OC(C)=O. The molecule has 0 saturated heterocycles. The quantitative estimate of drug-likeness (QED) is 0.540. The van der Waals surface area contributed by atoms with Gasteiger partial charge in [0.15, 0.2) is 24.1 Å². The Morgan fingerprint density at radius 2 is 1.77 bits per heavy atom. The summed E-state index contributed by atoms with van der Waals surface area (Å²) >= 11 is 0. The van der Waals surface area contributed by atoms with Crippen molar-refractivity contribution in [1.82, 2.24) is 4.57 Å². The van der Waals surface area contributed by atoms with Gasteiger partial charge in [0, 0.05) is 33.2 Å². The summed E-state index contributed by atoms with van der Waals surface area (Å²) < 4.78 is 36.8. The van der Waals surface area contributed by atoms with E-state index in [4.69, 9.17) is 18.9 Å². The normalized spacial score (nSPS) is 20.1. The molecule has 0 radical (unpaired) electrons. The van der Waals surface area contributed by atoms with Gasteiger partial charge in [-0.05, 0) is 18.2 Å². The van der Waals surface area contributed by atoms with Crippen molar-refractivity contribution in [2.24, 2.45) is 7.05 Å². The van der Waals surface area contributed by atoms with E-state index in [1.54, 1.807) is 0 Å². The van der Waals surface area contributed by atoms with Gasteiger partial charge in [-0.25, -0.2) is 4.39 Å². The molecule has 0 unspecified atom stereocenters. The van der Waals surface area contributed by atoms with Crippen LogP contribution in [0.1, 0.15) is 32.4 Å². The number of hydrogen-bond donors (Lipinski definition) is 0. The summed E-state index contributed by atoms with van der Waals surface area (Å²) in [7, 11) is 1.48. The van der Waals surface area contributed by atoms with E-state index < -0.39 is 47.6 Å². The monoisotopic (exact) mass is 421 g/mol. The van der Waals surface area contributed by atoms with Crippen LogP contribution in [0.4, 0.5) is 4.39 Å². The van der Waals surface area contributed by atoms with Crippen LogP contribution in [0.5, 0.6) is 5.75 Å². The summed E-state index contributed by atoms with van der Waals surface area (Å²) in [4.78, 5) is 47.8. The predicted octanol–water partition coefficient (Wildman–Crippen LogP) is 1.54. The lowest BCUT2D eigenvalue weighted by molar-refractivity contribution is -0.182. The van der Waals surface area contributed by atoms with Gasteiger partial charge in [-0.2, -0.15) is 0 Å². The van der Waals surface area contributed by atoms with Crippen LogP contribution in [0.2, 0.25) is 0 Å². The Hall–Kier alpha value is -3.43. The van der Waals surface area contributed by atoms with E-state index in [-0.39, 0.29) is 23.3 Å². The number of rotatable bonds is 4. The molecule has 1 aromatic carbocycles. The third-order valence-electron chi connectivity index (χ3n) is 4.62. The number of halogens is 1. The number of esters is 3. The summed E-state index contributed by atoms with van der Waals surface area (Å²) in [6.07, 6.45) is -3.65. The number of aryl methyl sites for hydroxylation is 1. The molecule has 1 aromatic heterocycles. The van der Waals surface area contributed by atoms with Gasteiger partial charge in [0.2, 0.25) is 0 Å². The van der Waals surface area contributed by atoms with Gasteiger partial charge in [0.25, 0.3) is 5.56 Å². The van der Waals surface area contributed by atoms with E-state index >= 15 is 0 Å². The summed E-state index contributed by atoms with van der Waals surface area (Å²) in [6.45, 7) is 3.10. The number of fused-ring (bicyclic) bond motifs is 3. The van der Waals surface area contributed by atoms with Crippen molar-refractivity contribution in [3.63, 3.8) is 0 Å². The second-order valence-electron chi connectivity index (χ2n) is 6.83. The Morgan fingerprint density at radius 1 is 1.10 bits per heavy atom. The number of aromatic nitrogens is 1. The largest absolute Gasteiger partial charge is 0.477 e. The fourth-order valence-electron chi connectivity index (χ4n) is 3.45. The molecule has 0 spiro atoms. The van der Waals surface area contributed by atoms with E-state index in [2.05, 4.69) is 0 Å². The van der Waals surface area contributed by atoms with E-state index in [0.717, 1.165) is 13.8 Å². The lowest BCUT2D eigenvalue weighted by Crippen LogP contribution is -2.49. The van der Waals surface area contributed by atoms with E-state index in [1.807, 2.05) is 0 Å². The number of carbonyl (C=O) groups is 3. The van der Waals surface area contributed by atoms with Gasteiger partial charge >= 0.3 is 17.9 Å². The summed E-state index contributed by atoms with van der Waals surface area (Å²) in [6, 6.07) is 3.76. The maximum absolute atomic E-state index is 14.0. The van der Waals surface area contributed by atoms with E-state index in [0.29, 0.717) is 5.52 Å². The highest BCUT2D eigenvalue weighted by Gasteiger charge is 2.46. The first-order valence-corrected chi connectivity index (χ1v) is 9.06. The van der Waals surface area contributed by atoms with Crippen molar-refractivity contribution in [2.75, 3.05) is 6.61 Å². The standard InChI is InChI=1S/C20H20FNO8/c1-9(23)27-8-15-17(28-10(2)24)18(29-11(3)25)16-13-7-12(21)5-6-14(13)22(4)20(26)19(16)30-15/h5-7,15,17-18H,8H2,1-4H3/t15-,17-,18-/m1/s1. The number of hydrogen-bond acceptors (Lipinski definition) is 8. The molecule has 1 aliphatic heterocycles. The average Bonchev–Trinajstić information content (AvgIpc) is 2.65. The van der Waals surface area contributed by atoms with Crippen molar-refractivity contribution in [3.05, 3.63) is 39.9 Å². The van der Waals surface area contributed by atoms with Crippen molar-refractivity contribution >= 4 is 28.8 Å². The number of pyridine rings is 1. The van der Waals surface area contributed by atoms with Crippen molar-refractivity contribution in [2.45, 2.75) is 39.1 Å². The zero-order chi connectivity index (χ0) is 22.2. The fourth-order valence-corrected chi connectivity index (χ4v) is 3.45. The van der Waals surface area contributed by atoms with E-state index in [1.165, 1.54) is 36.7 Å². The molecule has 0 N–H and O–H groups in total. The highest BCUT2D eigenvalue weighted by atomic mass is 19.1. The molecular weight excluding hydrogens is 401 g/mol. The zero-order valence-corrected chi connectivity index (χ0v) is 16.8. The Balaban J connectivity index is 2.29. The highest BCUT2D eigenvalue weighted by Crippen LogP contribution is 2.41. The molecule has 30 heavy (non-hydrogen) atoms. The van der Waals surface area contributed by atoms with Gasteiger partial charge in [-0.3, -0.25) is 19.2 Å². The Kier molecular flexibility index (Phi) is 5.77. The maximum atomic E-state index is 14.0. The van der Waals surface area contributed by atoms with Crippen LogP contribution < -0.4 is 10.3 Å². The third-order valence-corrected chi connectivity index (χ3v) is 4.62. The van der Waals surface area contributed by atoms with Gasteiger partial charge in [0.1, 0.15) is 12.4 Å². The highest BCUT2D eigenvalue weighted by molar-refractivity contribution is 5.86. The minimum atomic E-state index is -1.28. The Labute approximate surface area is 170 Å². The molecule has 160 valence electrons. The van der Waals surface area contributed by atoms with E-state index in [9.17, 15) is 23.6 Å². The van der Waals surface area contributed by atoms with Gasteiger partial charge < -0.3 is 23.5 Å². The lowest BCUT2D eigenvalue weighted by Gasteiger charge is -2.38. The predicted molar refractivity (Wildman–Crippen MR) is 100 cm³/mol. The maximum Gasteiger partial charge on any atom is 0.303 e. The van der Waals surface area contributed by atoms with Crippen LogP contribution >= 0.6 is 0 Å². The van der Waals surface area contributed by atoms with Gasteiger partial charge in [0.05, 0.1) is 11.1 Å². The third kappa shape index (κ3) is 3.98. The summed E-state index contributed by atoms with van der Waals surface area (Å²) in [5.41, 5.74) is -0.135. The molecule has 2 aromatic rings. The van der Waals surface area contributed by atoms with Crippen LogP contribution in [-0.2, 0) is 35.6 Å². The first kappa shape index (κ1) is 21.3. The summed E-state index contributed by atoms with van der Waals surface area (Å²) in [5, 5.41) is 0.251. The smallest absolute Gasteiger partial charge is 0.303 e. The van der Waals surface area contributed by atoms with Crippen molar-refractivity contribution < 1.29 is 37.7 Å². The minimum Gasteiger partial charge on any atom is -0.477 e. The first-order chi connectivity index (χ1) is 14.1. The van der Waals surface area contributed by atoms with Crippen LogP contribution in [0, 0.1) is 5.82 Å². The molecule has 2 heterocycles. The Bertz CT molecular complexity index is 1090. The van der Waals surface area contributed by atoms with Crippen molar-refractivity contribution in [1.29, 1.82) is 0 Å². The molecule has 10 heteroatoms. The van der Waals surface area contributed by atoms with Gasteiger partial charge in [-0.1, -0.05) is 0 Å². The number of benzene rings is 1. The average molecular weight is 421 g/mol. The molecule has 1 aliphatic rings. The van der Waals surface area contributed by atoms with Gasteiger partial charge in [-0.15, -0.1) is 0 Å². The number of nitrogens with zero attached hydrogens (tertiary/aromatic N) is 1. The van der Waals surface area contributed by atoms with Crippen LogP contribution in [0.25, 0.3) is 10.9 Å². The molecular formula is C20H20FNO8. The summed E-state index contributed by atoms with van der Waals surface area (Å²) in [5.74, 6) is -2.85. The number of ether oxygens (including phenoxy) is 4. The lowest BCUT2D eigenvalue weighted by atomic mass is 9.93. The number of carbonyl (C=O) groups excluding carboxylic acids is 3. The van der Waals surface area contributed by atoms with Crippen molar-refractivity contribution in [3.8, 4) is 5.75 Å². The minimum absolute atomic E-state index is 0.0770. The second-order valence-corrected chi connectivity index (χ2v) is 6.83. The molecule has 0 bridgehead atoms. The van der Waals surface area contributed by atoms with Crippen LogP contribution in [0.3, 0.4) is 0 Å². The second kappa shape index (κ2) is 8.13. The van der Waals surface area contributed by atoms with Crippen LogP contribution in [0.15, 0.2) is 23.0 Å². The zero-order valence-electron chi connectivity index (χ0n) is 16.8. The van der Waals surface area contributed by atoms with Crippen LogP contribution in [-0.4, -0.2) is 41.3 Å². The molecule has 0 amide bonds. The molecule has 0 aliphatic carbocycles. The molecule has 0 saturated carbocycles. The Morgan fingerprint density at radius 3 is 2.37 bits per heavy atom. The molecule has 3 rings (SSSR count). The topological polar surface area (TPSA) is 110 Å². The molecule has 0 fully saturated rings. The molecule has 9 nitrogen and oxygen atoms in total. The first-order valence-electron chi connectivity index (χ1n) is 9.06.